The van der Waals surface area contributed by atoms with E-state index in [1.54, 1.807) is 6.07 Å². The Hall–Kier alpha value is -3.48. The second-order valence-corrected chi connectivity index (χ2v) is 6.94. The van der Waals surface area contributed by atoms with Gasteiger partial charge in [-0.05, 0) is 32.0 Å². The van der Waals surface area contributed by atoms with Crippen molar-refractivity contribution in [3.05, 3.63) is 77.4 Å². The molecular weight excluding hydrogens is 361 g/mol. The number of amides is 3. The van der Waals surface area contributed by atoms with Crippen molar-refractivity contribution in [2.45, 2.75) is 25.9 Å². The lowest BCUT2D eigenvalue weighted by atomic mass is 9.91. The molecule has 1 atom stereocenters. The van der Waals surface area contributed by atoms with Crippen LogP contribution in [0.2, 0.25) is 0 Å². The van der Waals surface area contributed by atoms with E-state index in [1.165, 1.54) is 31.4 Å². The summed E-state index contributed by atoms with van der Waals surface area (Å²) in [4.78, 5) is 30.7. The maximum absolute atomic E-state index is 14.2. The lowest BCUT2D eigenvalue weighted by Gasteiger charge is -2.22. The number of urea groups is 1. The molecule has 1 aliphatic heterocycles. The molecule has 28 heavy (non-hydrogen) atoms. The molecule has 142 valence electrons. The Kier molecular flexibility index (Phi) is 4.22. The second kappa shape index (κ2) is 6.60. The molecule has 0 radical (unpaired) electrons. The van der Waals surface area contributed by atoms with Crippen molar-refractivity contribution in [1.82, 2.24) is 15.2 Å². The third-order valence-electron chi connectivity index (χ3n) is 4.86. The van der Waals surface area contributed by atoms with Crippen LogP contribution >= 0.6 is 0 Å². The molecule has 2 heterocycles. The molecule has 3 amide bonds. The van der Waals surface area contributed by atoms with Gasteiger partial charge in [-0.2, -0.15) is 0 Å². The Labute approximate surface area is 161 Å². The number of aryl methyl sites for hydroxylation is 1. The molecule has 1 fully saturated rings. The van der Waals surface area contributed by atoms with Crippen LogP contribution in [0.5, 0.6) is 0 Å². The average Bonchev–Trinajstić information content (AvgIpc) is 3.22. The highest BCUT2D eigenvalue weighted by molar-refractivity contribution is 6.07. The van der Waals surface area contributed by atoms with Gasteiger partial charge in [0.2, 0.25) is 5.89 Å². The minimum absolute atomic E-state index is 0.0654. The molecule has 1 N–H and O–H groups in total. The van der Waals surface area contributed by atoms with Crippen molar-refractivity contribution in [3.8, 4) is 11.5 Å². The first kappa shape index (κ1) is 17.9. The van der Waals surface area contributed by atoms with Crippen LogP contribution in [0.1, 0.15) is 23.7 Å². The first-order valence-corrected chi connectivity index (χ1v) is 8.79. The SMILES string of the molecule is Cc1ccc(-c2nc(CN3C(=O)NC(C)(c4ccccc4F)C3=O)co2)cc1. The van der Waals surface area contributed by atoms with Crippen molar-refractivity contribution < 1.29 is 18.4 Å². The molecule has 4 rings (SSSR count). The minimum atomic E-state index is -1.47. The van der Waals surface area contributed by atoms with Crippen LogP contribution in [0.15, 0.2) is 59.2 Å². The summed E-state index contributed by atoms with van der Waals surface area (Å²) in [5.41, 5.74) is 0.993. The number of hydrogen-bond acceptors (Lipinski definition) is 4. The molecule has 6 nitrogen and oxygen atoms in total. The Morgan fingerprint density at radius 1 is 1.14 bits per heavy atom. The number of benzene rings is 2. The highest BCUT2D eigenvalue weighted by Gasteiger charge is 2.50. The number of hydrogen-bond donors (Lipinski definition) is 1. The van der Waals surface area contributed by atoms with E-state index in [9.17, 15) is 14.0 Å². The van der Waals surface area contributed by atoms with E-state index in [0.29, 0.717) is 11.6 Å². The molecule has 0 spiro atoms. The standard InChI is InChI=1S/C21H18FN3O3/c1-13-7-9-14(10-8-13)18-23-15(12-28-18)11-25-19(26)21(2,24-20(25)27)16-5-3-4-6-17(16)22/h3-10,12H,11H2,1-2H3,(H,24,27). The van der Waals surface area contributed by atoms with Gasteiger partial charge in [-0.3, -0.25) is 9.69 Å². The van der Waals surface area contributed by atoms with Gasteiger partial charge in [-0.25, -0.2) is 14.2 Å². The normalized spacial score (nSPS) is 19.2. The molecule has 0 bridgehead atoms. The molecule has 1 aliphatic rings. The zero-order chi connectivity index (χ0) is 19.9. The summed E-state index contributed by atoms with van der Waals surface area (Å²) in [6.45, 7) is 3.41. The van der Waals surface area contributed by atoms with Crippen LogP contribution in [0.25, 0.3) is 11.5 Å². The smallest absolute Gasteiger partial charge is 0.325 e. The van der Waals surface area contributed by atoms with Gasteiger partial charge >= 0.3 is 6.03 Å². The fourth-order valence-electron chi connectivity index (χ4n) is 3.26. The van der Waals surface area contributed by atoms with Crippen LogP contribution < -0.4 is 5.32 Å². The molecule has 1 saturated heterocycles. The Morgan fingerprint density at radius 2 is 1.86 bits per heavy atom. The molecule has 1 unspecified atom stereocenters. The largest absolute Gasteiger partial charge is 0.444 e. The van der Waals surface area contributed by atoms with Gasteiger partial charge in [-0.1, -0.05) is 35.9 Å². The van der Waals surface area contributed by atoms with Gasteiger partial charge in [-0.15, -0.1) is 0 Å². The zero-order valence-electron chi connectivity index (χ0n) is 15.4. The summed E-state index contributed by atoms with van der Waals surface area (Å²) in [6, 6.07) is 12.9. The van der Waals surface area contributed by atoms with Crippen LogP contribution in [-0.2, 0) is 16.9 Å². The van der Waals surface area contributed by atoms with Crippen molar-refractivity contribution >= 4 is 11.9 Å². The molecule has 1 aromatic heterocycles. The number of carbonyl (C=O) groups excluding carboxylic acids is 2. The van der Waals surface area contributed by atoms with Gasteiger partial charge in [0.1, 0.15) is 17.6 Å². The highest BCUT2D eigenvalue weighted by atomic mass is 19.1. The van der Waals surface area contributed by atoms with Gasteiger partial charge in [0.25, 0.3) is 5.91 Å². The van der Waals surface area contributed by atoms with Crippen LogP contribution in [0.4, 0.5) is 9.18 Å². The van der Waals surface area contributed by atoms with Crippen LogP contribution in [0, 0.1) is 12.7 Å². The lowest BCUT2D eigenvalue weighted by Crippen LogP contribution is -2.41. The van der Waals surface area contributed by atoms with Crippen LogP contribution in [-0.4, -0.2) is 21.8 Å². The van der Waals surface area contributed by atoms with E-state index < -0.39 is 23.3 Å². The van der Waals surface area contributed by atoms with E-state index in [-0.39, 0.29) is 12.1 Å². The molecule has 0 aliphatic carbocycles. The minimum Gasteiger partial charge on any atom is -0.444 e. The van der Waals surface area contributed by atoms with Gasteiger partial charge < -0.3 is 9.73 Å². The summed E-state index contributed by atoms with van der Waals surface area (Å²) >= 11 is 0. The molecule has 2 aromatic carbocycles. The fourth-order valence-corrected chi connectivity index (χ4v) is 3.26. The van der Waals surface area contributed by atoms with Crippen LogP contribution in [0.3, 0.4) is 0 Å². The van der Waals surface area contributed by atoms with Gasteiger partial charge in [0.15, 0.2) is 0 Å². The van der Waals surface area contributed by atoms with E-state index >= 15 is 0 Å². The summed E-state index contributed by atoms with van der Waals surface area (Å²) in [7, 11) is 0. The summed E-state index contributed by atoms with van der Waals surface area (Å²) in [5.74, 6) is -0.690. The van der Waals surface area contributed by atoms with Gasteiger partial charge in [0.05, 0.1) is 12.2 Å². The first-order chi connectivity index (χ1) is 13.4. The Bertz CT molecular complexity index is 1060. The fraction of sp³-hybridized carbons (Fsp3) is 0.190. The predicted octanol–water partition coefficient (Wildman–Crippen LogP) is 3.76. The topological polar surface area (TPSA) is 75.4 Å². The van der Waals surface area contributed by atoms with Gasteiger partial charge in [0, 0.05) is 11.1 Å². The number of aromatic nitrogens is 1. The number of rotatable bonds is 4. The predicted molar refractivity (Wildman–Crippen MR) is 99.5 cm³/mol. The number of oxazole rings is 1. The molecule has 0 saturated carbocycles. The van der Waals surface area contributed by atoms with E-state index in [0.717, 1.165) is 16.0 Å². The number of nitrogens with zero attached hydrogens (tertiary/aromatic N) is 2. The third-order valence-corrected chi connectivity index (χ3v) is 4.86. The van der Waals surface area contributed by atoms with E-state index in [4.69, 9.17) is 4.42 Å². The van der Waals surface area contributed by atoms with Crippen molar-refractivity contribution in [1.29, 1.82) is 0 Å². The number of imide groups is 1. The lowest BCUT2D eigenvalue weighted by molar-refractivity contribution is -0.131. The Morgan fingerprint density at radius 3 is 2.57 bits per heavy atom. The van der Waals surface area contributed by atoms with Crippen molar-refractivity contribution in [2.24, 2.45) is 0 Å². The van der Waals surface area contributed by atoms with E-state index in [1.807, 2.05) is 31.2 Å². The average molecular weight is 379 g/mol. The maximum Gasteiger partial charge on any atom is 0.325 e. The number of halogens is 1. The highest BCUT2D eigenvalue weighted by Crippen LogP contribution is 2.31. The van der Waals surface area contributed by atoms with Crippen molar-refractivity contribution in [3.63, 3.8) is 0 Å². The number of carbonyl (C=O) groups is 2. The third kappa shape index (κ3) is 2.94. The molecular formula is C21H18FN3O3. The quantitative estimate of drug-likeness (QED) is 0.701. The zero-order valence-corrected chi connectivity index (χ0v) is 15.4. The molecule has 3 aromatic rings. The summed E-state index contributed by atoms with van der Waals surface area (Å²) in [6.07, 6.45) is 1.41. The number of nitrogens with one attached hydrogen (secondary N) is 1. The second-order valence-electron chi connectivity index (χ2n) is 6.94. The van der Waals surface area contributed by atoms with Crippen molar-refractivity contribution in [2.75, 3.05) is 0 Å². The first-order valence-electron chi connectivity index (χ1n) is 8.79. The molecule has 7 heteroatoms. The maximum atomic E-state index is 14.2. The summed E-state index contributed by atoms with van der Waals surface area (Å²) in [5, 5.41) is 2.59. The van der Waals surface area contributed by atoms with E-state index in [2.05, 4.69) is 10.3 Å². The monoisotopic (exact) mass is 379 g/mol. The Balaban J connectivity index is 1.58. The summed E-state index contributed by atoms with van der Waals surface area (Å²) < 4.78 is 19.7.